The fourth-order valence-corrected chi connectivity index (χ4v) is 12.6. The zero-order chi connectivity index (χ0) is 52.2. The number of hydrogen-bond acceptors (Lipinski definition) is 3. The van der Waals surface area contributed by atoms with Crippen LogP contribution < -0.4 is 20.5 Å². The molecule has 1 aliphatic heterocycles. The third-order valence-corrected chi connectivity index (χ3v) is 17.2. The molecule has 0 saturated heterocycles. The number of hydrogen-bond donors (Lipinski definition) is 1. The van der Waals surface area contributed by atoms with Crippen LogP contribution in [0.15, 0.2) is 107 Å². The predicted octanol–water partition coefficient (Wildman–Crippen LogP) is 19.4. The maximum atomic E-state index is 4.05. The molecule has 70 heavy (non-hydrogen) atoms. The van der Waals surface area contributed by atoms with Crippen LogP contribution in [0.1, 0.15) is 213 Å². The standard InChI is InChI=1S/C66H99BN2S/c1-22-27-35-63(14,15)36-28-32-49(26-5)67-58-55(68-40-34-52(62(11,12)13)51(30-23-2)61(8,9)10)42-47(24-3)43-56(58)69(41-29-31-48(25-4)64(16,17)37-33-46(6)7)59-50-44-53-54(45-57(50)70-60(59)67)66(20,21)39-38-65(53,18)19/h23,25-26,28-32,34,40,42-46,68H,22,24,27,33,35-39,41H2,1-21H3/b30-23+,31-29-,32-28-,40-34+,48-25+,49-26+,52-51-. The number of unbranched alkanes of at least 4 members (excludes halogenated alkanes) is 1. The van der Waals surface area contributed by atoms with E-state index < -0.39 is 0 Å². The highest BCUT2D eigenvalue weighted by molar-refractivity contribution is 7.32. The van der Waals surface area contributed by atoms with E-state index in [1.54, 1.807) is 0 Å². The smallest absolute Gasteiger partial charge is 0.261 e. The number of fused-ring (bicyclic) bond motifs is 5. The second-order valence-corrected chi connectivity index (χ2v) is 27.5. The molecule has 0 fully saturated rings. The van der Waals surface area contributed by atoms with Gasteiger partial charge in [-0.2, -0.15) is 0 Å². The average Bonchev–Trinajstić information content (AvgIpc) is 3.64. The number of thiophene rings is 1. The van der Waals surface area contributed by atoms with E-state index in [-0.39, 0.29) is 39.2 Å². The van der Waals surface area contributed by atoms with E-state index in [9.17, 15) is 0 Å². The van der Waals surface area contributed by atoms with Gasteiger partial charge in [-0.3, -0.25) is 0 Å². The fourth-order valence-electron chi connectivity index (χ4n) is 11.2. The summed E-state index contributed by atoms with van der Waals surface area (Å²) in [7, 11) is 0. The summed E-state index contributed by atoms with van der Waals surface area (Å²) in [5, 5.41) is 5.46. The van der Waals surface area contributed by atoms with E-state index in [0.29, 0.717) is 5.92 Å². The molecule has 0 bridgehead atoms. The molecule has 5 rings (SSSR count). The molecule has 2 nitrogen and oxygen atoms in total. The zero-order valence-electron chi connectivity index (χ0n) is 48.7. The number of anilines is 3. The van der Waals surface area contributed by atoms with Crippen molar-refractivity contribution in [2.24, 2.45) is 27.6 Å². The Morgan fingerprint density at radius 2 is 1.40 bits per heavy atom. The van der Waals surface area contributed by atoms with Crippen molar-refractivity contribution in [3.8, 4) is 0 Å². The number of aryl methyl sites for hydroxylation is 1. The van der Waals surface area contributed by atoms with Crippen LogP contribution in [-0.2, 0) is 17.3 Å². The summed E-state index contributed by atoms with van der Waals surface area (Å²) >= 11 is 2.05. The van der Waals surface area contributed by atoms with Crippen LogP contribution in [0.3, 0.4) is 0 Å². The van der Waals surface area contributed by atoms with Crippen LogP contribution >= 0.6 is 11.3 Å². The van der Waals surface area contributed by atoms with Gasteiger partial charge in [-0.25, -0.2) is 0 Å². The van der Waals surface area contributed by atoms with Gasteiger partial charge in [0.25, 0.3) is 6.71 Å². The van der Waals surface area contributed by atoms with Crippen molar-refractivity contribution in [3.05, 3.63) is 124 Å². The number of nitrogens with one attached hydrogen (secondary N) is 1. The minimum Gasteiger partial charge on any atom is -0.362 e. The first-order valence-corrected chi connectivity index (χ1v) is 28.4. The van der Waals surface area contributed by atoms with E-state index in [1.165, 1.54) is 121 Å². The molecule has 0 atom stereocenters. The molecular formula is C66H99BN2S. The van der Waals surface area contributed by atoms with Gasteiger partial charge in [-0.15, -0.1) is 11.3 Å². The summed E-state index contributed by atoms with van der Waals surface area (Å²) in [6.07, 6.45) is 34.4. The van der Waals surface area contributed by atoms with E-state index in [4.69, 9.17) is 0 Å². The van der Waals surface area contributed by atoms with Gasteiger partial charge in [0.05, 0.1) is 5.69 Å². The van der Waals surface area contributed by atoms with Gasteiger partial charge < -0.3 is 10.2 Å². The third-order valence-electron chi connectivity index (χ3n) is 16.0. The lowest BCUT2D eigenvalue weighted by molar-refractivity contribution is 0.328. The topological polar surface area (TPSA) is 15.3 Å². The highest BCUT2D eigenvalue weighted by atomic mass is 32.1. The molecule has 382 valence electrons. The average molecular weight is 963 g/mol. The van der Waals surface area contributed by atoms with Crippen molar-refractivity contribution < 1.29 is 0 Å². The highest BCUT2D eigenvalue weighted by Gasteiger charge is 2.42. The van der Waals surface area contributed by atoms with Gasteiger partial charge in [0.1, 0.15) is 0 Å². The summed E-state index contributed by atoms with van der Waals surface area (Å²) in [5.74, 6) is 0.686. The summed E-state index contributed by atoms with van der Waals surface area (Å²) in [6, 6.07) is 10.3. The van der Waals surface area contributed by atoms with E-state index >= 15 is 0 Å². The number of nitrogens with zero attached hydrogens (tertiary/aromatic N) is 1. The Hall–Kier alpha value is -3.76. The van der Waals surface area contributed by atoms with Gasteiger partial charge in [0.2, 0.25) is 0 Å². The van der Waals surface area contributed by atoms with Gasteiger partial charge >= 0.3 is 0 Å². The molecule has 0 unspecified atom stereocenters. The quantitative estimate of drug-likeness (QED) is 0.0951. The van der Waals surface area contributed by atoms with Crippen molar-refractivity contribution in [2.45, 2.75) is 214 Å². The maximum Gasteiger partial charge on any atom is 0.261 e. The Balaban J connectivity index is 1.87. The Morgan fingerprint density at radius 1 is 0.771 bits per heavy atom. The molecule has 3 aromatic rings. The molecular weight excluding hydrogens is 864 g/mol. The zero-order valence-corrected chi connectivity index (χ0v) is 49.5. The Labute approximate surface area is 435 Å². The van der Waals surface area contributed by atoms with Crippen molar-refractivity contribution in [3.63, 3.8) is 0 Å². The number of benzene rings is 2. The number of rotatable bonds is 19. The van der Waals surface area contributed by atoms with E-state index in [0.717, 1.165) is 19.4 Å². The molecule has 0 saturated carbocycles. The fraction of sp³-hybridized carbons (Fsp3) is 0.576. The SMILES string of the molecule is C/C=C(\C=C/CC(C)(C)CCCC)B1c2sc3cc4c(cc3c2N(C/C=C\C(=C/C)C(C)(C)CCC(C)C)c2cc(CC)cc(N/C=C/C(=C(\C=C\C)C(C)(C)C)C(C)(C)C)c21)C(C)(C)CCC4(C)C. The maximum absolute atomic E-state index is 4.05. The lowest BCUT2D eigenvalue weighted by Crippen LogP contribution is -2.51. The highest BCUT2D eigenvalue weighted by Crippen LogP contribution is 2.50. The van der Waals surface area contributed by atoms with Gasteiger partial charge in [-0.1, -0.05) is 198 Å². The van der Waals surface area contributed by atoms with Gasteiger partial charge in [-0.05, 0) is 167 Å². The van der Waals surface area contributed by atoms with Crippen molar-refractivity contribution in [1.29, 1.82) is 0 Å². The van der Waals surface area contributed by atoms with Crippen LogP contribution in [0.4, 0.5) is 17.1 Å². The van der Waals surface area contributed by atoms with Crippen LogP contribution in [-0.4, -0.2) is 13.3 Å². The Morgan fingerprint density at radius 3 is 1.96 bits per heavy atom. The predicted molar refractivity (Wildman–Crippen MR) is 320 cm³/mol. The Kier molecular flexibility index (Phi) is 18.4. The van der Waals surface area contributed by atoms with Crippen molar-refractivity contribution in [1.82, 2.24) is 0 Å². The van der Waals surface area contributed by atoms with Gasteiger partial charge in [0.15, 0.2) is 0 Å². The van der Waals surface area contributed by atoms with Crippen molar-refractivity contribution >= 4 is 55.4 Å². The largest absolute Gasteiger partial charge is 0.362 e. The summed E-state index contributed by atoms with van der Waals surface area (Å²) < 4.78 is 2.86. The third kappa shape index (κ3) is 13.1. The molecule has 2 aliphatic rings. The second kappa shape index (κ2) is 22.6. The molecule has 1 N–H and O–H groups in total. The second-order valence-electron chi connectivity index (χ2n) is 26.4. The molecule has 0 amide bonds. The van der Waals surface area contributed by atoms with Crippen LogP contribution in [0.2, 0.25) is 0 Å². The summed E-state index contributed by atoms with van der Waals surface area (Å²) in [5.41, 5.74) is 15.8. The first-order valence-electron chi connectivity index (χ1n) is 27.6. The molecule has 0 radical (unpaired) electrons. The normalized spacial score (nSPS) is 17.5. The Bertz CT molecular complexity index is 2520. The first kappa shape index (κ1) is 57.2. The minimum absolute atomic E-state index is 0.00414. The number of allylic oxidation sites excluding steroid dienone is 12. The van der Waals surface area contributed by atoms with E-state index in [2.05, 4.69) is 252 Å². The van der Waals surface area contributed by atoms with Crippen LogP contribution in [0.25, 0.3) is 10.1 Å². The summed E-state index contributed by atoms with van der Waals surface area (Å²) in [4.78, 5) is 2.72. The first-order chi connectivity index (χ1) is 32.6. The molecule has 2 heterocycles. The monoisotopic (exact) mass is 963 g/mol. The summed E-state index contributed by atoms with van der Waals surface area (Å²) in [6.45, 7) is 50.6. The minimum atomic E-state index is -0.0477. The molecule has 2 aromatic carbocycles. The molecule has 4 heteroatoms. The lowest BCUT2D eigenvalue weighted by atomic mass is 9.37. The van der Waals surface area contributed by atoms with Crippen molar-refractivity contribution in [2.75, 3.05) is 16.8 Å². The molecule has 1 aliphatic carbocycles. The van der Waals surface area contributed by atoms with Crippen LogP contribution in [0.5, 0.6) is 0 Å². The molecule has 0 spiro atoms. The van der Waals surface area contributed by atoms with Gasteiger partial charge in [0, 0.05) is 39.0 Å². The molecule has 1 aromatic heterocycles. The van der Waals surface area contributed by atoms with Crippen LogP contribution in [0, 0.1) is 27.6 Å². The lowest BCUT2D eigenvalue weighted by Gasteiger charge is -2.42. The van der Waals surface area contributed by atoms with E-state index in [1.807, 2.05) is 0 Å².